The van der Waals surface area contributed by atoms with Crippen molar-refractivity contribution in [2.24, 2.45) is 7.05 Å². The molecule has 0 amide bonds. The van der Waals surface area contributed by atoms with Crippen molar-refractivity contribution in [2.75, 3.05) is 5.32 Å². The molecular formula is C15H14N6. The monoisotopic (exact) mass is 278 g/mol. The first-order valence-corrected chi connectivity index (χ1v) is 6.59. The summed E-state index contributed by atoms with van der Waals surface area (Å²) in [6.07, 6.45) is 1.65. The number of para-hydroxylation sites is 1. The minimum Gasteiger partial charge on any atom is -0.359 e. The standard InChI is InChI=1S/C15H14N6/c1-10(15-20-17-9-21(15)2)18-14-12(8-16)7-11-5-3-4-6-13(11)19-14/h3-7,9-10H,1-2H3,(H,18,19). The molecule has 1 atom stereocenters. The smallest absolute Gasteiger partial charge is 0.154 e. The van der Waals surface area contributed by atoms with Crippen LogP contribution in [0.15, 0.2) is 36.7 Å². The van der Waals surface area contributed by atoms with Crippen molar-refractivity contribution < 1.29 is 0 Å². The first kappa shape index (κ1) is 13.1. The van der Waals surface area contributed by atoms with Gasteiger partial charge in [0.2, 0.25) is 0 Å². The Kier molecular flexibility index (Phi) is 3.24. The van der Waals surface area contributed by atoms with Crippen LogP contribution in [0, 0.1) is 11.3 Å². The molecule has 0 saturated heterocycles. The fraction of sp³-hybridized carbons (Fsp3) is 0.200. The minimum absolute atomic E-state index is 0.0988. The van der Waals surface area contributed by atoms with Gasteiger partial charge in [-0.05, 0) is 19.1 Å². The molecule has 0 radical (unpaired) electrons. The van der Waals surface area contributed by atoms with E-state index < -0.39 is 0 Å². The van der Waals surface area contributed by atoms with E-state index in [4.69, 9.17) is 0 Å². The molecular weight excluding hydrogens is 264 g/mol. The van der Waals surface area contributed by atoms with E-state index in [1.165, 1.54) is 0 Å². The molecule has 0 saturated carbocycles. The molecule has 104 valence electrons. The largest absolute Gasteiger partial charge is 0.359 e. The van der Waals surface area contributed by atoms with Crippen molar-refractivity contribution >= 4 is 16.7 Å². The summed E-state index contributed by atoms with van der Waals surface area (Å²) in [5.74, 6) is 1.35. The molecule has 0 aliphatic rings. The van der Waals surface area contributed by atoms with E-state index in [1.54, 1.807) is 6.33 Å². The molecule has 21 heavy (non-hydrogen) atoms. The van der Waals surface area contributed by atoms with Crippen molar-refractivity contribution in [3.05, 3.63) is 48.0 Å². The van der Waals surface area contributed by atoms with E-state index in [0.29, 0.717) is 11.4 Å². The number of aryl methyl sites for hydroxylation is 1. The van der Waals surface area contributed by atoms with Crippen LogP contribution in [0.25, 0.3) is 10.9 Å². The molecule has 1 unspecified atom stereocenters. The summed E-state index contributed by atoms with van der Waals surface area (Å²) >= 11 is 0. The Labute approximate surface area is 122 Å². The van der Waals surface area contributed by atoms with E-state index in [2.05, 4.69) is 26.6 Å². The fourth-order valence-electron chi connectivity index (χ4n) is 2.27. The number of nitrogens with zero attached hydrogens (tertiary/aromatic N) is 5. The number of hydrogen-bond acceptors (Lipinski definition) is 5. The molecule has 2 heterocycles. The zero-order chi connectivity index (χ0) is 14.8. The zero-order valence-corrected chi connectivity index (χ0v) is 11.8. The lowest BCUT2D eigenvalue weighted by atomic mass is 10.1. The minimum atomic E-state index is -0.0988. The second-order valence-electron chi connectivity index (χ2n) is 4.86. The van der Waals surface area contributed by atoms with E-state index in [1.807, 2.05) is 48.9 Å². The van der Waals surface area contributed by atoms with E-state index >= 15 is 0 Å². The number of hydrogen-bond donors (Lipinski definition) is 1. The topological polar surface area (TPSA) is 79.4 Å². The van der Waals surface area contributed by atoms with Gasteiger partial charge in [0.1, 0.15) is 18.2 Å². The van der Waals surface area contributed by atoms with Crippen LogP contribution in [0.2, 0.25) is 0 Å². The second kappa shape index (κ2) is 5.21. The summed E-state index contributed by atoms with van der Waals surface area (Å²) in [6.45, 7) is 1.96. The van der Waals surface area contributed by atoms with Gasteiger partial charge in [-0.25, -0.2) is 4.98 Å². The summed E-state index contributed by atoms with van der Waals surface area (Å²) < 4.78 is 1.84. The molecule has 1 aromatic carbocycles. The Morgan fingerprint density at radius 1 is 1.33 bits per heavy atom. The first-order valence-electron chi connectivity index (χ1n) is 6.59. The third-order valence-corrected chi connectivity index (χ3v) is 3.33. The number of benzene rings is 1. The van der Waals surface area contributed by atoms with Gasteiger partial charge in [-0.2, -0.15) is 5.26 Å². The Balaban J connectivity index is 2.00. The van der Waals surface area contributed by atoms with Gasteiger partial charge in [-0.3, -0.25) is 0 Å². The van der Waals surface area contributed by atoms with Gasteiger partial charge >= 0.3 is 0 Å². The summed E-state index contributed by atoms with van der Waals surface area (Å²) in [7, 11) is 1.88. The molecule has 6 nitrogen and oxygen atoms in total. The number of aromatic nitrogens is 4. The van der Waals surface area contributed by atoms with Gasteiger partial charge in [-0.15, -0.1) is 10.2 Å². The molecule has 3 aromatic rings. The molecule has 0 bridgehead atoms. The highest BCUT2D eigenvalue weighted by molar-refractivity contribution is 5.82. The van der Waals surface area contributed by atoms with Gasteiger partial charge < -0.3 is 9.88 Å². The quantitative estimate of drug-likeness (QED) is 0.795. The lowest BCUT2D eigenvalue weighted by Crippen LogP contribution is -2.13. The molecule has 3 rings (SSSR count). The Hall–Kier alpha value is -2.94. The number of pyridine rings is 1. The normalized spacial score (nSPS) is 12.0. The Morgan fingerprint density at radius 3 is 2.86 bits per heavy atom. The van der Waals surface area contributed by atoms with Crippen LogP contribution < -0.4 is 5.32 Å². The number of anilines is 1. The maximum atomic E-state index is 9.31. The third kappa shape index (κ3) is 2.41. The molecule has 0 aliphatic carbocycles. The maximum absolute atomic E-state index is 9.31. The number of fused-ring (bicyclic) bond motifs is 1. The molecule has 0 aliphatic heterocycles. The Bertz CT molecular complexity index is 830. The summed E-state index contributed by atoms with van der Waals surface area (Å²) in [5.41, 5.74) is 1.37. The van der Waals surface area contributed by atoms with Crippen LogP contribution in [0.5, 0.6) is 0 Å². The Morgan fingerprint density at radius 2 is 2.14 bits per heavy atom. The third-order valence-electron chi connectivity index (χ3n) is 3.33. The van der Waals surface area contributed by atoms with Crippen LogP contribution in [0.4, 0.5) is 5.82 Å². The highest BCUT2D eigenvalue weighted by Gasteiger charge is 2.14. The highest BCUT2D eigenvalue weighted by atomic mass is 15.3. The predicted molar refractivity (Wildman–Crippen MR) is 79.5 cm³/mol. The molecule has 2 aromatic heterocycles. The molecule has 6 heteroatoms. The van der Waals surface area contributed by atoms with E-state index in [-0.39, 0.29) is 6.04 Å². The summed E-state index contributed by atoms with van der Waals surface area (Å²) in [6, 6.07) is 11.7. The second-order valence-corrected chi connectivity index (χ2v) is 4.86. The molecule has 0 spiro atoms. The highest BCUT2D eigenvalue weighted by Crippen LogP contribution is 2.23. The van der Waals surface area contributed by atoms with E-state index in [0.717, 1.165) is 16.7 Å². The van der Waals surface area contributed by atoms with Crippen LogP contribution in [-0.4, -0.2) is 19.7 Å². The SMILES string of the molecule is CC(Nc1nc2ccccc2cc1C#N)c1nncn1C. The summed E-state index contributed by atoms with van der Waals surface area (Å²) in [4.78, 5) is 4.53. The predicted octanol–water partition coefficient (Wildman–Crippen LogP) is 2.41. The van der Waals surface area contributed by atoms with Crippen LogP contribution in [-0.2, 0) is 7.05 Å². The average Bonchev–Trinajstić information content (AvgIpc) is 2.92. The lowest BCUT2D eigenvalue weighted by molar-refractivity contribution is 0.716. The number of rotatable bonds is 3. The van der Waals surface area contributed by atoms with Crippen molar-refractivity contribution in [1.82, 2.24) is 19.7 Å². The molecule has 0 fully saturated rings. The van der Waals surface area contributed by atoms with Crippen LogP contribution in [0.1, 0.15) is 24.4 Å². The maximum Gasteiger partial charge on any atom is 0.154 e. The molecule has 1 N–H and O–H groups in total. The lowest BCUT2D eigenvalue weighted by Gasteiger charge is -2.15. The number of nitriles is 1. The van der Waals surface area contributed by atoms with Gasteiger partial charge in [0, 0.05) is 12.4 Å². The van der Waals surface area contributed by atoms with Crippen LogP contribution in [0.3, 0.4) is 0 Å². The first-order chi connectivity index (χ1) is 10.2. The van der Waals surface area contributed by atoms with Gasteiger partial charge in [0.25, 0.3) is 0 Å². The van der Waals surface area contributed by atoms with Crippen molar-refractivity contribution in [3.8, 4) is 6.07 Å². The van der Waals surface area contributed by atoms with Crippen molar-refractivity contribution in [2.45, 2.75) is 13.0 Å². The van der Waals surface area contributed by atoms with Crippen LogP contribution >= 0.6 is 0 Å². The van der Waals surface area contributed by atoms with Crippen molar-refractivity contribution in [1.29, 1.82) is 5.26 Å². The fourth-order valence-corrected chi connectivity index (χ4v) is 2.27. The van der Waals surface area contributed by atoms with Gasteiger partial charge in [-0.1, -0.05) is 18.2 Å². The number of nitrogens with one attached hydrogen (secondary N) is 1. The van der Waals surface area contributed by atoms with Crippen molar-refractivity contribution in [3.63, 3.8) is 0 Å². The van der Waals surface area contributed by atoms with Gasteiger partial charge in [0.15, 0.2) is 5.82 Å². The average molecular weight is 278 g/mol. The zero-order valence-electron chi connectivity index (χ0n) is 11.8. The van der Waals surface area contributed by atoms with E-state index in [9.17, 15) is 5.26 Å². The van der Waals surface area contributed by atoms with Gasteiger partial charge in [0.05, 0.1) is 17.1 Å². The summed E-state index contributed by atoms with van der Waals surface area (Å²) in [5, 5.41) is 21.4.